The number of benzene rings is 10. The molecule has 2 heterocycles. The lowest BCUT2D eigenvalue weighted by Crippen LogP contribution is -2.12. The minimum absolute atomic E-state index is 1.09. The molecule has 0 saturated carbocycles. The first-order valence-electron chi connectivity index (χ1n) is 21.5. The van der Waals surface area contributed by atoms with Crippen LogP contribution in [0.15, 0.2) is 243 Å². The molecule has 0 N–H and O–H groups in total. The maximum atomic E-state index is 2.47. The highest BCUT2D eigenvalue weighted by Crippen LogP contribution is 2.48. The van der Waals surface area contributed by atoms with E-state index in [1.807, 2.05) is 11.3 Å². The summed E-state index contributed by atoms with van der Waals surface area (Å²) in [5, 5.41) is 5.09. The molecule has 0 aliphatic carbocycles. The standard InChI is InChI=1S/C60H40N2S/c1-4-19-41(20-5-1)43-35-37-56(52(39-43)42-21-6-2-7-22-42)61(45-23-8-3-9-24-45)54-31-15-12-27-48(54)47-26-11-10-25-46(47)44-36-38-57-53(40-44)49-28-13-16-32-55(49)62(57)58-33-18-30-51-50-29-14-17-34-59(50)63-60(51)58/h1-40H. The monoisotopic (exact) mass is 820 g/mol. The first-order valence-corrected chi connectivity index (χ1v) is 22.3. The molecule has 12 rings (SSSR count). The number of aromatic nitrogens is 1. The predicted molar refractivity (Wildman–Crippen MR) is 270 cm³/mol. The summed E-state index contributed by atoms with van der Waals surface area (Å²) < 4.78 is 5.09. The van der Waals surface area contributed by atoms with Gasteiger partial charge in [0.1, 0.15) is 0 Å². The Bertz CT molecular complexity index is 3620. The van der Waals surface area contributed by atoms with Gasteiger partial charge in [0.2, 0.25) is 0 Å². The molecule has 0 aliphatic rings. The Morgan fingerprint density at radius 1 is 0.317 bits per heavy atom. The Morgan fingerprint density at radius 2 is 0.905 bits per heavy atom. The molecule has 0 aliphatic heterocycles. The average Bonchev–Trinajstić information content (AvgIpc) is 3.91. The van der Waals surface area contributed by atoms with E-state index in [2.05, 4.69) is 252 Å². The highest BCUT2D eigenvalue weighted by Gasteiger charge is 2.23. The molecule has 10 aromatic carbocycles. The van der Waals surface area contributed by atoms with Crippen LogP contribution in [0.4, 0.5) is 17.1 Å². The number of fused-ring (bicyclic) bond motifs is 6. The van der Waals surface area contributed by atoms with Gasteiger partial charge in [0, 0.05) is 43.1 Å². The molecule has 2 nitrogen and oxygen atoms in total. The number of hydrogen-bond donors (Lipinski definition) is 0. The van der Waals surface area contributed by atoms with Crippen LogP contribution in [0.3, 0.4) is 0 Å². The second kappa shape index (κ2) is 15.5. The molecule has 0 saturated heterocycles. The SMILES string of the molecule is c1ccc(-c2ccc(N(c3ccccc3)c3ccccc3-c3ccccc3-c3ccc4c(c3)c3ccccc3n4-c3cccc4c3sc3ccccc34)c(-c3ccccc3)c2)cc1. The van der Waals surface area contributed by atoms with Gasteiger partial charge in [0.15, 0.2) is 0 Å². The third-order valence-electron chi connectivity index (χ3n) is 12.4. The highest BCUT2D eigenvalue weighted by atomic mass is 32.1. The van der Waals surface area contributed by atoms with Gasteiger partial charge >= 0.3 is 0 Å². The highest BCUT2D eigenvalue weighted by molar-refractivity contribution is 7.26. The second-order valence-corrected chi connectivity index (χ2v) is 17.1. The molecule has 296 valence electrons. The smallest absolute Gasteiger partial charge is 0.0640 e. The van der Waals surface area contributed by atoms with Gasteiger partial charge in [-0.05, 0) is 94.0 Å². The molecule has 0 atom stereocenters. The van der Waals surface area contributed by atoms with Crippen molar-refractivity contribution in [1.82, 2.24) is 4.57 Å². The van der Waals surface area contributed by atoms with Crippen LogP contribution in [0.1, 0.15) is 0 Å². The summed E-state index contributed by atoms with van der Waals surface area (Å²) in [7, 11) is 0. The fourth-order valence-corrected chi connectivity index (χ4v) is 10.8. The number of rotatable bonds is 8. The van der Waals surface area contributed by atoms with Crippen molar-refractivity contribution in [3.8, 4) is 50.2 Å². The van der Waals surface area contributed by atoms with Crippen molar-refractivity contribution in [1.29, 1.82) is 0 Å². The van der Waals surface area contributed by atoms with Gasteiger partial charge in [0.25, 0.3) is 0 Å². The molecule has 12 aromatic rings. The molecule has 0 bridgehead atoms. The van der Waals surface area contributed by atoms with E-state index in [-0.39, 0.29) is 0 Å². The van der Waals surface area contributed by atoms with E-state index < -0.39 is 0 Å². The van der Waals surface area contributed by atoms with Crippen molar-refractivity contribution in [3.63, 3.8) is 0 Å². The fourth-order valence-electron chi connectivity index (χ4n) is 9.55. The number of thiophene rings is 1. The molecule has 0 radical (unpaired) electrons. The zero-order chi connectivity index (χ0) is 41.7. The molecule has 2 aromatic heterocycles. The molecular weight excluding hydrogens is 781 g/mol. The van der Waals surface area contributed by atoms with Gasteiger partial charge in [-0.2, -0.15) is 0 Å². The van der Waals surface area contributed by atoms with Crippen molar-refractivity contribution in [2.24, 2.45) is 0 Å². The van der Waals surface area contributed by atoms with E-state index in [9.17, 15) is 0 Å². The molecule has 0 amide bonds. The van der Waals surface area contributed by atoms with Crippen LogP contribution in [-0.4, -0.2) is 4.57 Å². The minimum Gasteiger partial charge on any atom is -0.309 e. The molecule has 0 spiro atoms. The van der Waals surface area contributed by atoms with Gasteiger partial charge in [-0.1, -0.05) is 182 Å². The molecule has 3 heteroatoms. The molecule has 0 unspecified atom stereocenters. The van der Waals surface area contributed by atoms with Gasteiger partial charge in [0.05, 0.1) is 32.8 Å². The van der Waals surface area contributed by atoms with Crippen LogP contribution >= 0.6 is 11.3 Å². The van der Waals surface area contributed by atoms with Gasteiger partial charge in [-0.25, -0.2) is 0 Å². The molecule has 0 fully saturated rings. The quantitative estimate of drug-likeness (QED) is 0.148. The maximum Gasteiger partial charge on any atom is 0.0640 e. The van der Waals surface area contributed by atoms with Crippen molar-refractivity contribution < 1.29 is 0 Å². The summed E-state index contributed by atoms with van der Waals surface area (Å²) in [6, 6.07) is 88.3. The summed E-state index contributed by atoms with van der Waals surface area (Å²) in [6.07, 6.45) is 0. The lowest BCUT2D eigenvalue weighted by atomic mass is 9.91. The van der Waals surface area contributed by atoms with Crippen LogP contribution < -0.4 is 4.90 Å². The summed E-state index contributed by atoms with van der Waals surface area (Å²) in [4.78, 5) is 2.44. The van der Waals surface area contributed by atoms with Crippen LogP contribution in [0.2, 0.25) is 0 Å². The zero-order valence-electron chi connectivity index (χ0n) is 34.4. The predicted octanol–water partition coefficient (Wildman–Crippen LogP) is 17.3. The summed E-state index contributed by atoms with van der Waals surface area (Å²) in [5.74, 6) is 0. The van der Waals surface area contributed by atoms with Crippen molar-refractivity contribution in [2.75, 3.05) is 4.90 Å². The normalized spacial score (nSPS) is 11.5. The Morgan fingerprint density at radius 3 is 1.71 bits per heavy atom. The van der Waals surface area contributed by atoms with E-state index in [1.54, 1.807) is 0 Å². The maximum absolute atomic E-state index is 2.47. The van der Waals surface area contributed by atoms with Crippen LogP contribution in [0.25, 0.3) is 92.2 Å². The van der Waals surface area contributed by atoms with Crippen molar-refractivity contribution in [2.45, 2.75) is 0 Å². The third-order valence-corrected chi connectivity index (χ3v) is 13.6. The summed E-state index contributed by atoms with van der Waals surface area (Å²) >= 11 is 1.88. The number of anilines is 3. The van der Waals surface area contributed by atoms with Crippen LogP contribution in [0, 0.1) is 0 Å². The van der Waals surface area contributed by atoms with Crippen LogP contribution in [0.5, 0.6) is 0 Å². The van der Waals surface area contributed by atoms with Gasteiger partial charge < -0.3 is 9.47 Å². The topological polar surface area (TPSA) is 8.17 Å². The van der Waals surface area contributed by atoms with E-state index >= 15 is 0 Å². The fraction of sp³-hybridized carbons (Fsp3) is 0. The summed E-state index contributed by atoms with van der Waals surface area (Å²) in [5.41, 5.74) is 16.3. The van der Waals surface area contributed by atoms with E-state index in [4.69, 9.17) is 0 Å². The lowest BCUT2D eigenvalue weighted by Gasteiger charge is -2.30. The minimum atomic E-state index is 1.09. The van der Waals surface area contributed by atoms with E-state index in [0.717, 1.165) is 28.2 Å². The Hall–Kier alpha value is -7.98. The van der Waals surface area contributed by atoms with Crippen LogP contribution in [-0.2, 0) is 0 Å². The Balaban J connectivity index is 1.04. The average molecular weight is 821 g/mol. The first kappa shape index (κ1) is 36.8. The summed E-state index contributed by atoms with van der Waals surface area (Å²) in [6.45, 7) is 0. The van der Waals surface area contributed by atoms with E-state index in [1.165, 1.54) is 81.0 Å². The first-order chi connectivity index (χ1) is 31.3. The molecule has 63 heavy (non-hydrogen) atoms. The zero-order valence-corrected chi connectivity index (χ0v) is 35.2. The van der Waals surface area contributed by atoms with Gasteiger partial charge in [-0.15, -0.1) is 11.3 Å². The van der Waals surface area contributed by atoms with Crippen molar-refractivity contribution >= 4 is 70.4 Å². The third kappa shape index (κ3) is 6.33. The Labute approximate surface area is 370 Å². The van der Waals surface area contributed by atoms with E-state index in [0.29, 0.717) is 0 Å². The van der Waals surface area contributed by atoms with Gasteiger partial charge in [-0.3, -0.25) is 0 Å². The lowest BCUT2D eigenvalue weighted by molar-refractivity contribution is 1.20. The number of nitrogens with zero attached hydrogens (tertiary/aromatic N) is 2. The second-order valence-electron chi connectivity index (χ2n) is 16.0. The largest absolute Gasteiger partial charge is 0.309 e. The number of hydrogen-bond acceptors (Lipinski definition) is 2. The molecular formula is C60H40N2S. The Kier molecular flexibility index (Phi) is 9.06. The van der Waals surface area contributed by atoms with Crippen molar-refractivity contribution in [3.05, 3.63) is 243 Å². The number of para-hydroxylation sites is 3.